The van der Waals surface area contributed by atoms with Crippen molar-refractivity contribution < 1.29 is 18.3 Å². The van der Waals surface area contributed by atoms with Crippen molar-refractivity contribution in [3.8, 4) is 11.4 Å². The van der Waals surface area contributed by atoms with Gasteiger partial charge in [-0.05, 0) is 34.9 Å². The predicted octanol–water partition coefficient (Wildman–Crippen LogP) is 3.81. The van der Waals surface area contributed by atoms with E-state index in [-0.39, 0.29) is 28.6 Å². The summed E-state index contributed by atoms with van der Waals surface area (Å²) in [5, 5.41) is 4.47. The Hall–Kier alpha value is -2.46. The zero-order chi connectivity index (χ0) is 23.2. The molecule has 0 aliphatic carbocycles. The van der Waals surface area contributed by atoms with Crippen molar-refractivity contribution in [2.75, 3.05) is 10.7 Å². The molecule has 168 valence electrons. The lowest BCUT2D eigenvalue weighted by atomic mass is 9.97. The molecule has 1 aromatic heterocycles. The molecule has 2 N–H and O–H groups in total. The molecule has 1 aliphatic rings. The zero-order valence-corrected chi connectivity index (χ0v) is 19.3. The molecule has 32 heavy (non-hydrogen) atoms. The molecule has 1 amide bonds. The summed E-state index contributed by atoms with van der Waals surface area (Å²) >= 11 is 4.31. The first kappa shape index (κ1) is 22.7. The molecule has 0 saturated carbocycles. The lowest BCUT2D eigenvalue weighted by Crippen LogP contribution is -2.45. The summed E-state index contributed by atoms with van der Waals surface area (Å²) in [7, 11) is 0. The van der Waals surface area contributed by atoms with E-state index in [9.17, 15) is 9.35 Å². The van der Waals surface area contributed by atoms with Gasteiger partial charge in [0, 0.05) is 16.5 Å². The molecule has 2 heterocycles. The largest absolute Gasteiger partial charge is 0.611 e. The molecule has 7 nitrogen and oxygen atoms in total. The molecule has 2 aromatic carbocycles. The van der Waals surface area contributed by atoms with Crippen molar-refractivity contribution in [3.63, 3.8) is 0 Å². The van der Waals surface area contributed by atoms with Crippen molar-refractivity contribution in [2.24, 2.45) is 5.73 Å². The van der Waals surface area contributed by atoms with Crippen LogP contribution in [0.4, 0.5) is 10.1 Å². The Morgan fingerprint density at radius 3 is 2.62 bits per heavy atom. The normalized spacial score (nSPS) is 19.1. The second kappa shape index (κ2) is 8.47. The van der Waals surface area contributed by atoms with Crippen LogP contribution in [0.3, 0.4) is 0 Å². The first-order chi connectivity index (χ1) is 15.0. The molecule has 0 bridgehead atoms. The highest BCUT2D eigenvalue weighted by Gasteiger charge is 2.37. The molecule has 1 aliphatic heterocycles. The summed E-state index contributed by atoms with van der Waals surface area (Å²) < 4.78 is 33.2. The first-order valence-corrected chi connectivity index (χ1v) is 11.6. The van der Waals surface area contributed by atoms with Gasteiger partial charge < -0.3 is 19.7 Å². The molecule has 0 radical (unpaired) electrons. The Bertz CT molecular complexity index is 1160. The summed E-state index contributed by atoms with van der Waals surface area (Å²) in [6.45, 7) is 5.84. The fourth-order valence-electron chi connectivity index (χ4n) is 3.32. The highest BCUT2D eigenvalue weighted by molar-refractivity contribution is 7.91. The minimum Gasteiger partial charge on any atom is -0.611 e. The van der Waals surface area contributed by atoms with Gasteiger partial charge in [0.05, 0.1) is 12.1 Å². The molecule has 2 atom stereocenters. The molecule has 4 rings (SSSR count). The van der Waals surface area contributed by atoms with Crippen molar-refractivity contribution in [3.05, 3.63) is 58.7 Å². The Balaban J connectivity index is 1.83. The molecule has 10 heteroatoms. The first-order valence-electron chi connectivity index (χ1n) is 9.92. The van der Waals surface area contributed by atoms with Crippen LogP contribution in [0, 0.1) is 5.82 Å². The minimum absolute atomic E-state index is 0.0457. The molecule has 3 aromatic rings. The molecule has 0 fully saturated rings. The number of aromatic nitrogens is 2. The van der Waals surface area contributed by atoms with Crippen LogP contribution in [0.2, 0.25) is 5.02 Å². The number of amides is 1. The third-order valence-electron chi connectivity index (χ3n) is 5.06. The van der Waals surface area contributed by atoms with Gasteiger partial charge in [-0.25, -0.2) is 4.39 Å². The smallest absolute Gasteiger partial charge is 0.249 e. The number of anilines is 1. The van der Waals surface area contributed by atoms with Crippen LogP contribution in [0.25, 0.3) is 11.4 Å². The minimum atomic E-state index is -1.66. The molecular formula is C22H22ClFN4O3S. The van der Waals surface area contributed by atoms with Gasteiger partial charge in [-0.15, -0.1) is 0 Å². The van der Waals surface area contributed by atoms with E-state index >= 15 is 4.39 Å². The number of carbonyl (C=O) groups excluding carboxylic acids is 1. The monoisotopic (exact) mass is 476 g/mol. The maximum Gasteiger partial charge on any atom is 0.249 e. The summed E-state index contributed by atoms with van der Waals surface area (Å²) in [6.07, 6.45) is 0. The number of hydrogen-bond acceptors (Lipinski definition) is 6. The third kappa shape index (κ3) is 4.38. The van der Waals surface area contributed by atoms with Gasteiger partial charge in [-0.3, -0.25) is 4.79 Å². The van der Waals surface area contributed by atoms with E-state index < -0.39 is 34.4 Å². The van der Waals surface area contributed by atoms with E-state index in [1.165, 1.54) is 11.0 Å². The van der Waals surface area contributed by atoms with E-state index in [1.807, 2.05) is 20.8 Å². The van der Waals surface area contributed by atoms with Gasteiger partial charge in [0.25, 0.3) is 0 Å². The Kier molecular flexibility index (Phi) is 6.02. The van der Waals surface area contributed by atoms with Gasteiger partial charge in [0.1, 0.15) is 23.3 Å². The lowest BCUT2D eigenvalue weighted by molar-refractivity contribution is -0.119. The van der Waals surface area contributed by atoms with Gasteiger partial charge in [-0.1, -0.05) is 49.7 Å². The van der Waals surface area contributed by atoms with E-state index in [2.05, 4.69) is 10.1 Å². The second-order valence-electron chi connectivity index (χ2n) is 8.64. The van der Waals surface area contributed by atoms with Crippen LogP contribution in [-0.2, 0) is 27.9 Å². The highest BCUT2D eigenvalue weighted by Crippen LogP contribution is 2.37. The quantitative estimate of drug-likeness (QED) is 0.576. The van der Waals surface area contributed by atoms with Crippen LogP contribution >= 0.6 is 11.6 Å². The number of hydrogen-bond donors (Lipinski definition) is 1. The van der Waals surface area contributed by atoms with Crippen LogP contribution in [0.5, 0.6) is 0 Å². The number of benzene rings is 2. The van der Waals surface area contributed by atoms with Crippen molar-refractivity contribution >= 4 is 34.4 Å². The second-order valence-corrected chi connectivity index (χ2v) is 10.5. The number of halogens is 2. The van der Waals surface area contributed by atoms with Gasteiger partial charge in [0.15, 0.2) is 4.90 Å². The van der Waals surface area contributed by atoms with Gasteiger partial charge in [-0.2, -0.15) is 4.98 Å². The number of nitrogens with two attached hydrogens (primary N) is 1. The fraction of sp³-hybridized carbons (Fsp3) is 0.318. The van der Waals surface area contributed by atoms with Gasteiger partial charge in [0.2, 0.25) is 17.6 Å². The van der Waals surface area contributed by atoms with Crippen molar-refractivity contribution in [1.82, 2.24) is 10.1 Å². The highest BCUT2D eigenvalue weighted by atomic mass is 35.5. The molecule has 0 spiro atoms. The summed E-state index contributed by atoms with van der Waals surface area (Å²) in [6, 6.07) is 8.59. The maximum atomic E-state index is 15.1. The number of fused-ring (bicyclic) bond motifs is 1. The fourth-order valence-corrected chi connectivity index (χ4v) is 4.74. The average molecular weight is 477 g/mol. The van der Waals surface area contributed by atoms with Crippen LogP contribution in [-0.4, -0.2) is 32.4 Å². The van der Waals surface area contributed by atoms with E-state index in [0.29, 0.717) is 16.6 Å². The van der Waals surface area contributed by atoms with E-state index in [0.717, 1.165) is 11.6 Å². The average Bonchev–Trinajstić information content (AvgIpc) is 3.20. The Morgan fingerprint density at radius 2 is 2.00 bits per heavy atom. The lowest BCUT2D eigenvalue weighted by Gasteiger charge is -2.23. The Morgan fingerprint density at radius 1 is 1.31 bits per heavy atom. The number of carbonyl (C=O) groups is 1. The third-order valence-corrected chi connectivity index (χ3v) is 6.79. The van der Waals surface area contributed by atoms with Crippen LogP contribution in [0.15, 0.2) is 45.8 Å². The molecular weight excluding hydrogens is 455 g/mol. The summed E-state index contributed by atoms with van der Waals surface area (Å²) in [5.74, 6) is -0.770. The molecule has 0 saturated heterocycles. The predicted molar refractivity (Wildman–Crippen MR) is 120 cm³/mol. The van der Waals surface area contributed by atoms with Crippen molar-refractivity contribution in [2.45, 2.75) is 43.7 Å². The van der Waals surface area contributed by atoms with Gasteiger partial charge >= 0.3 is 0 Å². The maximum absolute atomic E-state index is 15.1. The van der Waals surface area contributed by atoms with Crippen LogP contribution in [0.1, 0.15) is 32.2 Å². The number of rotatable bonds is 3. The van der Waals surface area contributed by atoms with Crippen LogP contribution < -0.4 is 10.6 Å². The molecule has 1 unspecified atom stereocenters. The Labute approximate surface area is 192 Å². The van der Waals surface area contributed by atoms with E-state index in [1.54, 1.807) is 24.3 Å². The zero-order valence-electron chi connectivity index (χ0n) is 17.8. The SMILES string of the molecule is CC(C)(C)c1nc(-c2cc3c(cc2F)[S+]([O-])C[C@H](N)C(=O)N3Cc2ccc(Cl)cc2)no1. The van der Waals surface area contributed by atoms with Crippen molar-refractivity contribution in [1.29, 1.82) is 0 Å². The van der Waals surface area contributed by atoms with E-state index in [4.69, 9.17) is 21.9 Å². The summed E-state index contributed by atoms with van der Waals surface area (Å²) in [4.78, 5) is 19.0. The summed E-state index contributed by atoms with van der Waals surface area (Å²) in [5.41, 5.74) is 6.73. The standard InChI is InChI=1S/C22H22ClFN4O3S/c1-22(2,3)21-26-19(27-31-21)14-8-17-18(9-15(14)24)32(30)11-16(25)20(29)28(17)10-12-4-6-13(23)7-5-12/h4-9,16H,10-11,25H2,1-3H3/t16-,32?/m0/s1. The topological polar surface area (TPSA) is 108 Å². The number of nitrogens with zero attached hydrogens (tertiary/aromatic N) is 3.